The molecule has 0 aliphatic carbocycles. The number of carbonyl (C=O) groups excluding carboxylic acids is 1. The first kappa shape index (κ1) is 15.0. The molecule has 2 unspecified atom stereocenters. The monoisotopic (exact) mass is 257 g/mol. The third kappa shape index (κ3) is 3.70. The van der Waals surface area contributed by atoms with Crippen LogP contribution in [0.25, 0.3) is 0 Å². The zero-order chi connectivity index (χ0) is 13.5. The van der Waals surface area contributed by atoms with Crippen LogP contribution in [0.3, 0.4) is 0 Å². The van der Waals surface area contributed by atoms with Crippen LogP contribution in [0.1, 0.15) is 39.5 Å². The second-order valence-corrected chi connectivity index (χ2v) is 4.69. The lowest BCUT2D eigenvalue weighted by Gasteiger charge is -2.29. The van der Waals surface area contributed by atoms with E-state index in [1.165, 1.54) is 0 Å². The molecule has 1 amide bonds. The molecule has 0 saturated carbocycles. The summed E-state index contributed by atoms with van der Waals surface area (Å²) >= 11 is 0. The minimum Gasteiger partial charge on any atom is -0.481 e. The maximum Gasteiger partial charge on any atom is 0.311 e. The van der Waals surface area contributed by atoms with Gasteiger partial charge in [0.2, 0.25) is 5.91 Å². The summed E-state index contributed by atoms with van der Waals surface area (Å²) in [6.45, 7) is 5.06. The van der Waals surface area contributed by atoms with Crippen molar-refractivity contribution < 1.29 is 19.4 Å². The highest BCUT2D eigenvalue weighted by molar-refractivity contribution is 5.78. The van der Waals surface area contributed by atoms with E-state index in [2.05, 4.69) is 6.92 Å². The van der Waals surface area contributed by atoms with Crippen molar-refractivity contribution in [1.29, 1.82) is 0 Å². The molecular formula is C13H23NO4. The third-order valence-corrected chi connectivity index (χ3v) is 3.42. The van der Waals surface area contributed by atoms with Crippen LogP contribution in [0, 0.1) is 5.92 Å². The van der Waals surface area contributed by atoms with Gasteiger partial charge in [0.25, 0.3) is 0 Å². The van der Waals surface area contributed by atoms with E-state index in [1.807, 2.05) is 6.92 Å². The molecule has 104 valence electrons. The van der Waals surface area contributed by atoms with Gasteiger partial charge in [0.15, 0.2) is 0 Å². The van der Waals surface area contributed by atoms with Crippen molar-refractivity contribution >= 4 is 11.9 Å². The van der Waals surface area contributed by atoms with Crippen LogP contribution < -0.4 is 0 Å². The number of carboxylic acids is 1. The second kappa shape index (κ2) is 7.36. The predicted octanol–water partition coefficient (Wildman–Crippen LogP) is 1.51. The molecule has 0 aromatic carbocycles. The molecule has 0 aromatic rings. The van der Waals surface area contributed by atoms with Crippen molar-refractivity contribution in [1.82, 2.24) is 4.90 Å². The molecule has 5 heteroatoms. The number of carboxylic acid groups (broad SMARTS) is 1. The standard InChI is InChI=1S/C13H23NO4/c1-3-5-6-7-12(15)14(4-2)11-9-18-8-10(11)13(16)17/h10-11H,3-9H2,1-2H3,(H,16,17). The fourth-order valence-corrected chi connectivity index (χ4v) is 2.35. The van der Waals surface area contributed by atoms with Crippen molar-refractivity contribution in [3.8, 4) is 0 Å². The quantitative estimate of drug-likeness (QED) is 0.702. The number of ether oxygens (including phenoxy) is 1. The summed E-state index contributed by atoms with van der Waals surface area (Å²) in [5.74, 6) is -1.41. The topological polar surface area (TPSA) is 66.8 Å². The van der Waals surface area contributed by atoms with Crippen LogP contribution in [-0.2, 0) is 14.3 Å². The number of aliphatic carboxylic acids is 1. The molecule has 0 aromatic heterocycles. The van der Waals surface area contributed by atoms with Crippen molar-refractivity contribution in [3.05, 3.63) is 0 Å². The highest BCUT2D eigenvalue weighted by Gasteiger charge is 2.39. The fraction of sp³-hybridized carbons (Fsp3) is 0.846. The van der Waals surface area contributed by atoms with Gasteiger partial charge in [-0.2, -0.15) is 0 Å². The van der Waals surface area contributed by atoms with E-state index in [1.54, 1.807) is 4.90 Å². The van der Waals surface area contributed by atoms with E-state index in [0.29, 0.717) is 19.6 Å². The molecular weight excluding hydrogens is 234 g/mol. The van der Waals surface area contributed by atoms with E-state index in [-0.39, 0.29) is 18.6 Å². The number of hydrogen-bond acceptors (Lipinski definition) is 3. The Labute approximate surface area is 108 Å². The first-order valence-corrected chi connectivity index (χ1v) is 6.71. The maximum atomic E-state index is 12.1. The molecule has 1 heterocycles. The zero-order valence-electron chi connectivity index (χ0n) is 11.2. The van der Waals surface area contributed by atoms with Crippen molar-refractivity contribution in [3.63, 3.8) is 0 Å². The highest BCUT2D eigenvalue weighted by Crippen LogP contribution is 2.21. The summed E-state index contributed by atoms with van der Waals surface area (Å²) in [6.07, 6.45) is 3.48. The van der Waals surface area contributed by atoms with E-state index < -0.39 is 11.9 Å². The Morgan fingerprint density at radius 1 is 1.28 bits per heavy atom. The minimum absolute atomic E-state index is 0.0488. The molecule has 1 N–H and O–H groups in total. The summed E-state index contributed by atoms with van der Waals surface area (Å²) in [4.78, 5) is 24.8. The average Bonchev–Trinajstić information content (AvgIpc) is 2.79. The lowest BCUT2D eigenvalue weighted by Crippen LogP contribution is -2.46. The fourth-order valence-electron chi connectivity index (χ4n) is 2.35. The molecule has 0 spiro atoms. The predicted molar refractivity (Wildman–Crippen MR) is 67.3 cm³/mol. The zero-order valence-corrected chi connectivity index (χ0v) is 11.2. The molecule has 1 fully saturated rings. The van der Waals surface area contributed by atoms with Crippen molar-refractivity contribution in [2.45, 2.75) is 45.6 Å². The molecule has 1 rings (SSSR count). The van der Waals surface area contributed by atoms with Gasteiger partial charge in [-0.1, -0.05) is 19.8 Å². The van der Waals surface area contributed by atoms with Crippen LogP contribution in [0.15, 0.2) is 0 Å². The Morgan fingerprint density at radius 2 is 2.00 bits per heavy atom. The molecule has 1 aliphatic heterocycles. The number of nitrogens with zero attached hydrogens (tertiary/aromatic N) is 1. The number of unbranched alkanes of at least 4 members (excludes halogenated alkanes) is 2. The summed E-state index contributed by atoms with van der Waals surface area (Å²) in [5, 5.41) is 9.11. The number of likely N-dealkylation sites (N-methyl/N-ethyl adjacent to an activating group) is 1. The third-order valence-electron chi connectivity index (χ3n) is 3.42. The first-order chi connectivity index (χ1) is 8.61. The number of amides is 1. The van der Waals surface area contributed by atoms with Gasteiger partial charge in [-0.15, -0.1) is 0 Å². The van der Waals surface area contributed by atoms with Gasteiger partial charge < -0.3 is 14.7 Å². The van der Waals surface area contributed by atoms with E-state index in [4.69, 9.17) is 9.84 Å². The largest absolute Gasteiger partial charge is 0.481 e. The molecule has 5 nitrogen and oxygen atoms in total. The van der Waals surface area contributed by atoms with Crippen LogP contribution in [0.5, 0.6) is 0 Å². The summed E-state index contributed by atoms with van der Waals surface area (Å²) in [7, 11) is 0. The number of hydrogen-bond donors (Lipinski definition) is 1. The lowest BCUT2D eigenvalue weighted by atomic mass is 10.0. The van der Waals surface area contributed by atoms with E-state index >= 15 is 0 Å². The Balaban J connectivity index is 2.58. The molecule has 0 radical (unpaired) electrons. The number of carbonyl (C=O) groups is 2. The molecule has 1 aliphatic rings. The lowest BCUT2D eigenvalue weighted by molar-refractivity contribution is -0.145. The highest BCUT2D eigenvalue weighted by atomic mass is 16.5. The Kier molecular flexibility index (Phi) is 6.12. The Morgan fingerprint density at radius 3 is 2.56 bits per heavy atom. The van der Waals surface area contributed by atoms with Crippen LogP contribution in [0.2, 0.25) is 0 Å². The summed E-state index contributed by atoms with van der Waals surface area (Å²) in [6, 6.07) is -0.304. The average molecular weight is 257 g/mol. The SMILES string of the molecule is CCCCCC(=O)N(CC)C1COCC1C(=O)O. The maximum absolute atomic E-state index is 12.1. The molecule has 0 bridgehead atoms. The van der Waals surface area contributed by atoms with Gasteiger partial charge in [-0.05, 0) is 13.3 Å². The second-order valence-electron chi connectivity index (χ2n) is 4.69. The van der Waals surface area contributed by atoms with Gasteiger partial charge >= 0.3 is 5.97 Å². The van der Waals surface area contributed by atoms with Gasteiger partial charge in [-0.3, -0.25) is 9.59 Å². The van der Waals surface area contributed by atoms with E-state index in [9.17, 15) is 9.59 Å². The molecule has 18 heavy (non-hydrogen) atoms. The van der Waals surface area contributed by atoms with Crippen LogP contribution in [0.4, 0.5) is 0 Å². The normalized spacial score (nSPS) is 23.0. The Hall–Kier alpha value is -1.10. The van der Waals surface area contributed by atoms with Crippen LogP contribution >= 0.6 is 0 Å². The molecule has 2 atom stereocenters. The summed E-state index contributed by atoms with van der Waals surface area (Å²) in [5.41, 5.74) is 0. The van der Waals surface area contributed by atoms with Crippen LogP contribution in [-0.4, -0.2) is 47.7 Å². The van der Waals surface area contributed by atoms with Gasteiger partial charge in [0, 0.05) is 13.0 Å². The van der Waals surface area contributed by atoms with Gasteiger partial charge in [-0.25, -0.2) is 0 Å². The van der Waals surface area contributed by atoms with Gasteiger partial charge in [0.1, 0.15) is 5.92 Å². The van der Waals surface area contributed by atoms with E-state index in [0.717, 1.165) is 19.3 Å². The smallest absolute Gasteiger partial charge is 0.311 e. The van der Waals surface area contributed by atoms with Crippen molar-refractivity contribution in [2.75, 3.05) is 19.8 Å². The number of rotatable bonds is 7. The first-order valence-electron chi connectivity index (χ1n) is 6.71. The summed E-state index contributed by atoms with van der Waals surface area (Å²) < 4.78 is 5.21. The van der Waals surface area contributed by atoms with Gasteiger partial charge in [0.05, 0.1) is 19.3 Å². The molecule has 1 saturated heterocycles. The Bertz CT molecular complexity index is 293. The van der Waals surface area contributed by atoms with Crippen molar-refractivity contribution in [2.24, 2.45) is 5.92 Å². The minimum atomic E-state index is -0.877.